The summed E-state index contributed by atoms with van der Waals surface area (Å²) in [4.78, 5) is 41.1. The van der Waals surface area contributed by atoms with Gasteiger partial charge in [0.25, 0.3) is 5.56 Å². The third-order valence-electron chi connectivity index (χ3n) is 4.80. The largest absolute Gasteiger partial charge is 0.465 e. The smallest absolute Gasteiger partial charge is 0.337 e. The van der Waals surface area contributed by atoms with Crippen molar-refractivity contribution in [2.45, 2.75) is 13.5 Å². The molecule has 0 fully saturated rings. The lowest BCUT2D eigenvalue weighted by Gasteiger charge is -2.09. The predicted octanol–water partition coefficient (Wildman–Crippen LogP) is 2.32. The van der Waals surface area contributed by atoms with Gasteiger partial charge >= 0.3 is 5.97 Å². The monoisotopic (exact) mass is 417 g/mol. The molecule has 0 saturated carbocycles. The number of anilines is 1. The normalized spacial score (nSPS) is 10.8. The Morgan fingerprint density at radius 3 is 2.55 bits per heavy atom. The van der Waals surface area contributed by atoms with Crippen molar-refractivity contribution in [1.29, 1.82) is 0 Å². The second-order valence-corrected chi connectivity index (χ2v) is 6.87. The van der Waals surface area contributed by atoms with Crippen molar-refractivity contribution in [3.63, 3.8) is 0 Å². The van der Waals surface area contributed by atoms with Gasteiger partial charge in [0.15, 0.2) is 5.65 Å². The van der Waals surface area contributed by atoms with Crippen molar-refractivity contribution in [3.8, 4) is 5.69 Å². The van der Waals surface area contributed by atoms with Gasteiger partial charge in [-0.25, -0.2) is 14.5 Å². The second kappa shape index (κ2) is 8.23. The summed E-state index contributed by atoms with van der Waals surface area (Å²) in [5, 5.41) is 7.32. The summed E-state index contributed by atoms with van der Waals surface area (Å²) in [6.45, 7) is 1.74. The number of aryl methyl sites for hydroxylation is 1. The van der Waals surface area contributed by atoms with Crippen LogP contribution in [-0.2, 0) is 16.1 Å². The van der Waals surface area contributed by atoms with Crippen molar-refractivity contribution >= 4 is 28.6 Å². The molecular formula is C22H19N5O4. The molecule has 2 aromatic heterocycles. The lowest BCUT2D eigenvalue weighted by Crippen LogP contribution is -2.27. The van der Waals surface area contributed by atoms with Gasteiger partial charge in [-0.3, -0.25) is 14.2 Å². The summed E-state index contributed by atoms with van der Waals surface area (Å²) in [6.07, 6.45) is 2.79. The zero-order chi connectivity index (χ0) is 22.0. The second-order valence-electron chi connectivity index (χ2n) is 6.87. The van der Waals surface area contributed by atoms with Crippen molar-refractivity contribution < 1.29 is 14.3 Å². The molecule has 0 radical (unpaired) electrons. The average molecular weight is 417 g/mol. The Bertz CT molecular complexity index is 1340. The summed E-state index contributed by atoms with van der Waals surface area (Å²) < 4.78 is 7.48. The van der Waals surface area contributed by atoms with E-state index in [1.54, 1.807) is 28.9 Å². The number of carbonyl (C=O) groups is 2. The van der Waals surface area contributed by atoms with Crippen LogP contribution < -0.4 is 10.9 Å². The number of para-hydroxylation sites is 1. The molecule has 0 aliphatic heterocycles. The fraction of sp³-hybridized carbons (Fsp3) is 0.136. The summed E-state index contributed by atoms with van der Waals surface area (Å²) in [7, 11) is 1.30. The van der Waals surface area contributed by atoms with Gasteiger partial charge in [0.1, 0.15) is 18.3 Å². The Balaban J connectivity index is 1.54. The minimum Gasteiger partial charge on any atom is -0.465 e. The highest BCUT2D eigenvalue weighted by Crippen LogP contribution is 2.17. The highest BCUT2D eigenvalue weighted by Gasteiger charge is 2.14. The van der Waals surface area contributed by atoms with Crippen molar-refractivity contribution in [2.75, 3.05) is 12.4 Å². The van der Waals surface area contributed by atoms with Crippen LogP contribution >= 0.6 is 0 Å². The van der Waals surface area contributed by atoms with Crippen LogP contribution in [0.2, 0.25) is 0 Å². The molecule has 2 aromatic carbocycles. The van der Waals surface area contributed by atoms with E-state index in [-0.39, 0.29) is 12.1 Å². The van der Waals surface area contributed by atoms with E-state index >= 15 is 0 Å². The van der Waals surface area contributed by atoms with E-state index in [0.29, 0.717) is 22.3 Å². The topological polar surface area (TPSA) is 108 Å². The molecule has 2 heterocycles. The third kappa shape index (κ3) is 3.93. The van der Waals surface area contributed by atoms with E-state index in [9.17, 15) is 14.4 Å². The number of hydrogen-bond acceptors (Lipinski definition) is 6. The van der Waals surface area contributed by atoms with E-state index in [2.05, 4.69) is 20.1 Å². The zero-order valence-corrected chi connectivity index (χ0v) is 16.9. The molecular weight excluding hydrogens is 398 g/mol. The van der Waals surface area contributed by atoms with Crippen molar-refractivity contribution in [2.24, 2.45) is 0 Å². The number of nitrogens with one attached hydrogen (secondary N) is 1. The average Bonchev–Trinajstić information content (AvgIpc) is 3.20. The van der Waals surface area contributed by atoms with Crippen LogP contribution in [0.15, 0.2) is 65.8 Å². The standard InChI is InChI=1S/C22H19N5O4/c1-14-5-3-4-6-18(14)27-20-17(11-24-27)21(29)26(13-23-20)12-19(28)25-16-9-7-15(8-10-16)22(30)31-2/h3-11,13H,12H2,1-2H3,(H,25,28). The molecule has 0 spiro atoms. The predicted molar refractivity (Wildman–Crippen MR) is 114 cm³/mol. The molecule has 31 heavy (non-hydrogen) atoms. The molecule has 0 atom stereocenters. The van der Waals surface area contributed by atoms with Crippen LogP contribution in [-0.4, -0.2) is 38.3 Å². The van der Waals surface area contributed by atoms with E-state index in [0.717, 1.165) is 11.3 Å². The molecule has 0 aliphatic rings. The highest BCUT2D eigenvalue weighted by atomic mass is 16.5. The Morgan fingerprint density at radius 2 is 1.84 bits per heavy atom. The van der Waals surface area contributed by atoms with Gasteiger partial charge in [-0.05, 0) is 42.8 Å². The number of esters is 1. The van der Waals surface area contributed by atoms with Gasteiger partial charge in [0.2, 0.25) is 5.91 Å². The van der Waals surface area contributed by atoms with Gasteiger partial charge in [0, 0.05) is 5.69 Å². The zero-order valence-electron chi connectivity index (χ0n) is 16.9. The van der Waals surface area contributed by atoms with E-state index < -0.39 is 11.9 Å². The molecule has 9 heteroatoms. The maximum atomic E-state index is 12.8. The van der Waals surface area contributed by atoms with Crippen LogP contribution in [0.25, 0.3) is 16.7 Å². The number of amides is 1. The summed E-state index contributed by atoms with van der Waals surface area (Å²) in [5.74, 6) is -0.865. The molecule has 0 unspecified atom stereocenters. The van der Waals surface area contributed by atoms with Gasteiger partial charge in [-0.2, -0.15) is 5.10 Å². The van der Waals surface area contributed by atoms with Crippen LogP contribution in [0.3, 0.4) is 0 Å². The number of carbonyl (C=O) groups excluding carboxylic acids is 2. The fourth-order valence-electron chi connectivity index (χ4n) is 3.20. The number of aromatic nitrogens is 4. The number of fused-ring (bicyclic) bond motifs is 1. The summed E-state index contributed by atoms with van der Waals surface area (Å²) >= 11 is 0. The first-order valence-electron chi connectivity index (χ1n) is 9.45. The van der Waals surface area contributed by atoms with Crippen LogP contribution in [0.1, 0.15) is 15.9 Å². The number of ether oxygens (including phenoxy) is 1. The fourth-order valence-corrected chi connectivity index (χ4v) is 3.20. The molecule has 4 rings (SSSR count). The molecule has 1 N–H and O–H groups in total. The number of hydrogen-bond donors (Lipinski definition) is 1. The van der Waals surface area contributed by atoms with Crippen LogP contribution in [0.4, 0.5) is 5.69 Å². The van der Waals surface area contributed by atoms with Crippen molar-refractivity contribution in [1.82, 2.24) is 19.3 Å². The summed E-state index contributed by atoms with van der Waals surface area (Å²) in [6, 6.07) is 13.9. The number of rotatable bonds is 5. The Hall–Kier alpha value is -4.27. The van der Waals surface area contributed by atoms with Gasteiger partial charge in [-0.15, -0.1) is 0 Å². The molecule has 0 bridgehead atoms. The number of nitrogens with zero attached hydrogens (tertiary/aromatic N) is 4. The maximum Gasteiger partial charge on any atom is 0.337 e. The van der Waals surface area contributed by atoms with E-state index in [1.807, 2.05) is 31.2 Å². The molecule has 0 saturated heterocycles. The third-order valence-corrected chi connectivity index (χ3v) is 4.80. The molecule has 9 nitrogen and oxygen atoms in total. The minimum atomic E-state index is -0.463. The van der Waals surface area contributed by atoms with Crippen LogP contribution in [0, 0.1) is 6.92 Å². The molecule has 0 aliphatic carbocycles. The van der Waals surface area contributed by atoms with Gasteiger partial charge in [-0.1, -0.05) is 18.2 Å². The Kier molecular flexibility index (Phi) is 5.31. The van der Waals surface area contributed by atoms with Crippen molar-refractivity contribution in [3.05, 3.63) is 82.5 Å². The number of benzene rings is 2. The van der Waals surface area contributed by atoms with Gasteiger partial charge in [0.05, 0.1) is 24.6 Å². The quantitative estimate of drug-likeness (QED) is 0.499. The Labute approximate surface area is 176 Å². The van der Waals surface area contributed by atoms with Crippen LogP contribution in [0.5, 0.6) is 0 Å². The number of methoxy groups -OCH3 is 1. The van der Waals surface area contributed by atoms with E-state index in [4.69, 9.17) is 0 Å². The van der Waals surface area contributed by atoms with E-state index in [1.165, 1.54) is 24.2 Å². The molecule has 1 amide bonds. The lowest BCUT2D eigenvalue weighted by atomic mass is 10.2. The molecule has 4 aromatic rings. The maximum absolute atomic E-state index is 12.8. The highest BCUT2D eigenvalue weighted by molar-refractivity contribution is 5.93. The van der Waals surface area contributed by atoms with Gasteiger partial charge < -0.3 is 10.1 Å². The first kappa shape index (κ1) is 20.0. The Morgan fingerprint density at radius 1 is 1.10 bits per heavy atom. The first-order chi connectivity index (χ1) is 15.0. The first-order valence-corrected chi connectivity index (χ1v) is 9.45. The summed E-state index contributed by atoms with van der Waals surface area (Å²) in [5.41, 5.74) is 2.76. The SMILES string of the molecule is COC(=O)c1ccc(NC(=O)Cn2cnc3c(cnn3-c3ccccc3C)c2=O)cc1. The molecule has 156 valence electrons. The lowest BCUT2D eigenvalue weighted by molar-refractivity contribution is -0.116. The minimum absolute atomic E-state index is 0.212.